The number of amides is 1. The number of hydrogen-bond acceptors (Lipinski definition) is 5. The standard InChI is InChI=1S/C18H20ClNO5S/c1-3-25-16-9-6-14(12-17(16)24-2)20-18(21)10-11-26(22,23)15-7-4-13(19)5-8-15/h4-9,12H,3,10-11H2,1-2H3,(H,20,21). The van der Waals surface area contributed by atoms with Crippen LogP contribution >= 0.6 is 11.6 Å². The van der Waals surface area contributed by atoms with Crippen LogP contribution in [0.25, 0.3) is 0 Å². The fraction of sp³-hybridized carbons (Fsp3) is 0.278. The smallest absolute Gasteiger partial charge is 0.225 e. The summed E-state index contributed by atoms with van der Waals surface area (Å²) in [5, 5.41) is 3.11. The molecule has 0 heterocycles. The van der Waals surface area contributed by atoms with Gasteiger partial charge in [0.05, 0.1) is 24.4 Å². The van der Waals surface area contributed by atoms with Crippen molar-refractivity contribution in [2.24, 2.45) is 0 Å². The van der Waals surface area contributed by atoms with Gasteiger partial charge < -0.3 is 14.8 Å². The second kappa shape index (κ2) is 8.91. The molecule has 2 aromatic rings. The summed E-state index contributed by atoms with van der Waals surface area (Å²) >= 11 is 5.76. The molecule has 0 saturated heterocycles. The Hall–Kier alpha value is -2.25. The fourth-order valence-corrected chi connectivity index (χ4v) is 3.60. The van der Waals surface area contributed by atoms with Crippen molar-refractivity contribution in [3.63, 3.8) is 0 Å². The Balaban J connectivity index is 1.99. The molecule has 140 valence electrons. The molecule has 26 heavy (non-hydrogen) atoms. The van der Waals surface area contributed by atoms with Crippen molar-refractivity contribution in [2.75, 3.05) is 24.8 Å². The van der Waals surface area contributed by atoms with Gasteiger partial charge in [-0.05, 0) is 43.3 Å². The molecule has 0 bridgehead atoms. The van der Waals surface area contributed by atoms with Gasteiger partial charge in [-0.1, -0.05) is 11.6 Å². The summed E-state index contributed by atoms with van der Waals surface area (Å²) in [6.07, 6.45) is -0.166. The number of hydrogen-bond donors (Lipinski definition) is 1. The first-order chi connectivity index (χ1) is 12.4. The Morgan fingerprint density at radius 2 is 1.81 bits per heavy atom. The molecule has 0 radical (unpaired) electrons. The molecule has 0 atom stereocenters. The minimum Gasteiger partial charge on any atom is -0.493 e. The molecule has 8 heteroatoms. The molecule has 2 rings (SSSR count). The molecule has 0 saturated carbocycles. The molecule has 0 aliphatic carbocycles. The van der Waals surface area contributed by atoms with Gasteiger partial charge in [-0.25, -0.2) is 8.42 Å². The largest absolute Gasteiger partial charge is 0.493 e. The lowest BCUT2D eigenvalue weighted by molar-refractivity contribution is -0.115. The summed E-state index contributed by atoms with van der Waals surface area (Å²) < 4.78 is 35.1. The lowest BCUT2D eigenvalue weighted by Gasteiger charge is -2.12. The van der Waals surface area contributed by atoms with Crippen molar-refractivity contribution in [3.8, 4) is 11.5 Å². The lowest BCUT2D eigenvalue weighted by Crippen LogP contribution is -2.17. The van der Waals surface area contributed by atoms with Crippen molar-refractivity contribution in [2.45, 2.75) is 18.2 Å². The highest BCUT2D eigenvalue weighted by Gasteiger charge is 2.17. The van der Waals surface area contributed by atoms with Gasteiger partial charge in [-0.2, -0.15) is 0 Å². The maximum absolute atomic E-state index is 12.3. The van der Waals surface area contributed by atoms with E-state index in [-0.39, 0.29) is 17.1 Å². The maximum atomic E-state index is 12.3. The summed E-state index contributed by atoms with van der Waals surface area (Å²) in [6, 6.07) is 10.8. The maximum Gasteiger partial charge on any atom is 0.225 e. The zero-order valence-electron chi connectivity index (χ0n) is 14.5. The third-order valence-electron chi connectivity index (χ3n) is 3.52. The van der Waals surface area contributed by atoms with Crippen LogP contribution in [-0.4, -0.2) is 33.8 Å². The number of sulfone groups is 1. The van der Waals surface area contributed by atoms with E-state index in [4.69, 9.17) is 21.1 Å². The number of methoxy groups -OCH3 is 1. The van der Waals surface area contributed by atoms with E-state index in [0.29, 0.717) is 28.8 Å². The van der Waals surface area contributed by atoms with E-state index in [2.05, 4.69) is 5.32 Å². The van der Waals surface area contributed by atoms with Crippen molar-refractivity contribution < 1.29 is 22.7 Å². The third-order valence-corrected chi connectivity index (χ3v) is 5.50. The second-order valence-electron chi connectivity index (χ2n) is 5.37. The van der Waals surface area contributed by atoms with Crippen molar-refractivity contribution in [1.82, 2.24) is 0 Å². The van der Waals surface area contributed by atoms with Gasteiger partial charge in [0.2, 0.25) is 5.91 Å². The molecule has 6 nitrogen and oxygen atoms in total. The molecule has 0 aliphatic heterocycles. The zero-order valence-corrected chi connectivity index (χ0v) is 16.1. The van der Waals surface area contributed by atoms with Crippen LogP contribution in [-0.2, 0) is 14.6 Å². The minimum absolute atomic E-state index is 0.137. The summed E-state index contributed by atoms with van der Waals surface area (Å²) in [7, 11) is -2.05. The molecule has 0 aromatic heterocycles. The lowest BCUT2D eigenvalue weighted by atomic mass is 10.2. The molecule has 0 unspecified atom stereocenters. The molecule has 1 amide bonds. The summed E-state index contributed by atoms with van der Waals surface area (Å²) in [5.41, 5.74) is 0.499. The van der Waals surface area contributed by atoms with Crippen LogP contribution in [0.4, 0.5) is 5.69 Å². The van der Waals surface area contributed by atoms with Crippen LogP contribution in [0.5, 0.6) is 11.5 Å². The summed E-state index contributed by atoms with van der Waals surface area (Å²) in [5.74, 6) is 0.347. The Morgan fingerprint density at radius 1 is 1.12 bits per heavy atom. The number of anilines is 1. The van der Waals surface area contributed by atoms with Crippen molar-refractivity contribution >= 4 is 33.0 Å². The van der Waals surface area contributed by atoms with Crippen LogP contribution in [0.3, 0.4) is 0 Å². The van der Waals surface area contributed by atoms with Gasteiger partial charge in [-0.15, -0.1) is 0 Å². The van der Waals surface area contributed by atoms with E-state index < -0.39 is 15.7 Å². The highest BCUT2D eigenvalue weighted by Crippen LogP contribution is 2.30. The molecular weight excluding hydrogens is 378 g/mol. The number of benzene rings is 2. The number of halogens is 1. The van der Waals surface area contributed by atoms with Crippen LogP contribution in [0.2, 0.25) is 5.02 Å². The normalized spacial score (nSPS) is 11.0. The van der Waals surface area contributed by atoms with Crippen LogP contribution < -0.4 is 14.8 Å². The predicted molar refractivity (Wildman–Crippen MR) is 101 cm³/mol. The van der Waals surface area contributed by atoms with Gasteiger partial charge in [-0.3, -0.25) is 4.79 Å². The van der Waals surface area contributed by atoms with E-state index in [1.165, 1.54) is 31.4 Å². The van der Waals surface area contributed by atoms with E-state index in [1.807, 2.05) is 6.92 Å². The molecule has 0 spiro atoms. The monoisotopic (exact) mass is 397 g/mol. The number of nitrogens with one attached hydrogen (secondary N) is 1. The van der Waals surface area contributed by atoms with E-state index in [1.54, 1.807) is 18.2 Å². The first kappa shape index (κ1) is 20.1. The van der Waals surface area contributed by atoms with Crippen LogP contribution in [0.15, 0.2) is 47.4 Å². The van der Waals surface area contributed by atoms with Gasteiger partial charge in [0.1, 0.15) is 0 Å². The Bertz CT molecular complexity index is 866. The van der Waals surface area contributed by atoms with E-state index >= 15 is 0 Å². The summed E-state index contributed by atoms with van der Waals surface area (Å²) in [6.45, 7) is 2.35. The average Bonchev–Trinajstić information content (AvgIpc) is 2.62. The van der Waals surface area contributed by atoms with Crippen LogP contribution in [0, 0.1) is 0 Å². The predicted octanol–water partition coefficient (Wildman–Crippen LogP) is 3.55. The van der Waals surface area contributed by atoms with E-state index in [0.717, 1.165) is 0 Å². The summed E-state index contributed by atoms with van der Waals surface area (Å²) in [4.78, 5) is 12.2. The Morgan fingerprint density at radius 3 is 2.42 bits per heavy atom. The number of rotatable bonds is 8. The quantitative estimate of drug-likeness (QED) is 0.736. The number of carbonyl (C=O) groups is 1. The van der Waals surface area contributed by atoms with Gasteiger partial charge in [0.25, 0.3) is 0 Å². The molecular formula is C18H20ClNO5S. The second-order valence-corrected chi connectivity index (χ2v) is 7.92. The molecule has 0 aliphatic rings. The highest BCUT2D eigenvalue weighted by molar-refractivity contribution is 7.91. The number of carbonyl (C=O) groups excluding carboxylic acids is 1. The van der Waals surface area contributed by atoms with Crippen molar-refractivity contribution in [1.29, 1.82) is 0 Å². The van der Waals surface area contributed by atoms with Gasteiger partial charge in [0.15, 0.2) is 21.3 Å². The van der Waals surface area contributed by atoms with Crippen LogP contribution in [0.1, 0.15) is 13.3 Å². The zero-order chi connectivity index (χ0) is 19.2. The Labute approximate surface area is 158 Å². The Kier molecular flexibility index (Phi) is 6.88. The topological polar surface area (TPSA) is 81.7 Å². The minimum atomic E-state index is -3.56. The molecule has 2 aromatic carbocycles. The van der Waals surface area contributed by atoms with Crippen molar-refractivity contribution in [3.05, 3.63) is 47.5 Å². The highest BCUT2D eigenvalue weighted by atomic mass is 35.5. The fourth-order valence-electron chi connectivity index (χ4n) is 2.23. The number of ether oxygens (including phenoxy) is 2. The van der Waals surface area contributed by atoms with Gasteiger partial charge in [0, 0.05) is 23.2 Å². The third kappa shape index (κ3) is 5.37. The SMILES string of the molecule is CCOc1ccc(NC(=O)CCS(=O)(=O)c2ccc(Cl)cc2)cc1OC. The molecule has 0 fully saturated rings. The van der Waals surface area contributed by atoms with E-state index in [9.17, 15) is 13.2 Å². The molecule has 1 N–H and O–H groups in total. The average molecular weight is 398 g/mol. The first-order valence-corrected chi connectivity index (χ1v) is 9.97. The van der Waals surface area contributed by atoms with Gasteiger partial charge >= 0.3 is 0 Å². The first-order valence-electron chi connectivity index (χ1n) is 7.94.